The maximum Gasteiger partial charge on any atom is 0.194 e. The number of hydrogen-bond donors (Lipinski definition) is 0. The average Bonchev–Trinajstić information content (AvgIpc) is 2.85. The van der Waals surface area contributed by atoms with Crippen LogP contribution in [0.1, 0.15) is 5.69 Å². The zero-order valence-electron chi connectivity index (χ0n) is 8.95. The van der Waals surface area contributed by atoms with E-state index in [0.717, 1.165) is 28.9 Å². The van der Waals surface area contributed by atoms with Gasteiger partial charge in [0.15, 0.2) is 4.96 Å². The van der Waals surface area contributed by atoms with Crippen LogP contribution in [0.4, 0.5) is 8.78 Å². The van der Waals surface area contributed by atoms with Gasteiger partial charge in [0, 0.05) is 22.8 Å². The molecule has 3 aromatic rings. The molecule has 0 N–H and O–H groups in total. The molecule has 5 heteroatoms. The number of thiazole rings is 1. The molecular weight excluding hydrogens is 242 g/mol. The van der Waals surface area contributed by atoms with Crippen molar-refractivity contribution >= 4 is 16.3 Å². The molecule has 0 aliphatic carbocycles. The second-order valence-corrected chi connectivity index (χ2v) is 4.62. The standard InChI is InChI=1S/C12H8F2N2S/c1-7-6-17-12-15-11(5-16(7)12)9-4-8(13)2-3-10(9)14/h2-6H,1H3. The number of fused-ring (bicyclic) bond motifs is 1. The van der Waals surface area contributed by atoms with Crippen molar-refractivity contribution in [2.75, 3.05) is 0 Å². The van der Waals surface area contributed by atoms with Crippen molar-refractivity contribution < 1.29 is 8.78 Å². The van der Waals surface area contributed by atoms with Crippen molar-refractivity contribution in [2.45, 2.75) is 6.92 Å². The Morgan fingerprint density at radius 3 is 2.88 bits per heavy atom. The van der Waals surface area contributed by atoms with Gasteiger partial charge < -0.3 is 0 Å². The molecule has 0 spiro atoms. The first-order valence-electron chi connectivity index (χ1n) is 5.04. The molecule has 2 heterocycles. The maximum absolute atomic E-state index is 13.6. The molecule has 0 aliphatic rings. The monoisotopic (exact) mass is 250 g/mol. The SMILES string of the molecule is Cc1csc2nc(-c3cc(F)ccc3F)cn12. The van der Waals surface area contributed by atoms with E-state index in [-0.39, 0.29) is 5.56 Å². The van der Waals surface area contributed by atoms with Gasteiger partial charge in [0.25, 0.3) is 0 Å². The fourth-order valence-electron chi connectivity index (χ4n) is 1.72. The zero-order chi connectivity index (χ0) is 12.0. The van der Waals surface area contributed by atoms with Crippen molar-refractivity contribution in [2.24, 2.45) is 0 Å². The highest BCUT2D eigenvalue weighted by molar-refractivity contribution is 7.15. The van der Waals surface area contributed by atoms with E-state index in [1.165, 1.54) is 11.3 Å². The van der Waals surface area contributed by atoms with E-state index in [1.54, 1.807) is 6.20 Å². The van der Waals surface area contributed by atoms with Crippen LogP contribution in [0, 0.1) is 18.6 Å². The second kappa shape index (κ2) is 3.63. The summed E-state index contributed by atoms with van der Waals surface area (Å²) in [5, 5.41) is 1.97. The summed E-state index contributed by atoms with van der Waals surface area (Å²) in [4.78, 5) is 5.06. The second-order valence-electron chi connectivity index (χ2n) is 3.78. The fourth-order valence-corrected chi connectivity index (χ4v) is 2.57. The number of hydrogen-bond acceptors (Lipinski definition) is 2. The topological polar surface area (TPSA) is 17.3 Å². The van der Waals surface area contributed by atoms with Gasteiger partial charge in [0.2, 0.25) is 0 Å². The van der Waals surface area contributed by atoms with Crippen molar-refractivity contribution in [3.8, 4) is 11.3 Å². The minimum atomic E-state index is -0.463. The predicted octanol–water partition coefficient (Wildman–Crippen LogP) is 3.65. The molecule has 0 atom stereocenters. The number of aryl methyl sites for hydroxylation is 1. The summed E-state index contributed by atoms with van der Waals surface area (Å²) in [6.45, 7) is 1.94. The molecule has 0 bridgehead atoms. The Morgan fingerprint density at radius 2 is 2.12 bits per heavy atom. The molecule has 3 rings (SSSR count). The van der Waals surface area contributed by atoms with Crippen LogP contribution in [0.3, 0.4) is 0 Å². The fraction of sp³-hybridized carbons (Fsp3) is 0.0833. The van der Waals surface area contributed by atoms with Crippen molar-refractivity contribution in [1.82, 2.24) is 9.38 Å². The number of rotatable bonds is 1. The summed E-state index contributed by atoms with van der Waals surface area (Å²) in [5.74, 6) is -0.927. The minimum Gasteiger partial charge on any atom is -0.294 e. The summed E-state index contributed by atoms with van der Waals surface area (Å²) in [7, 11) is 0. The van der Waals surface area contributed by atoms with Crippen LogP contribution in [0.2, 0.25) is 0 Å². The van der Waals surface area contributed by atoms with Crippen LogP contribution >= 0.6 is 11.3 Å². The minimum absolute atomic E-state index is 0.195. The van der Waals surface area contributed by atoms with Crippen molar-refractivity contribution in [1.29, 1.82) is 0 Å². The Labute approximate surface area is 100 Å². The third-order valence-corrected chi connectivity index (χ3v) is 3.55. The number of benzene rings is 1. The van der Waals surface area contributed by atoms with E-state index in [9.17, 15) is 8.78 Å². The van der Waals surface area contributed by atoms with Crippen molar-refractivity contribution in [3.05, 3.63) is 47.1 Å². The number of aromatic nitrogens is 2. The predicted molar refractivity (Wildman–Crippen MR) is 63.2 cm³/mol. The third kappa shape index (κ3) is 1.63. The largest absolute Gasteiger partial charge is 0.294 e. The van der Waals surface area contributed by atoms with Crippen molar-refractivity contribution in [3.63, 3.8) is 0 Å². The first-order chi connectivity index (χ1) is 8.15. The molecule has 0 radical (unpaired) electrons. The molecule has 17 heavy (non-hydrogen) atoms. The Balaban J connectivity index is 2.23. The Morgan fingerprint density at radius 1 is 1.29 bits per heavy atom. The van der Waals surface area contributed by atoms with Gasteiger partial charge in [-0.15, -0.1) is 11.3 Å². The molecule has 1 aromatic carbocycles. The molecule has 0 saturated heterocycles. The lowest BCUT2D eigenvalue weighted by molar-refractivity contribution is 0.603. The Hall–Kier alpha value is -1.75. The van der Waals surface area contributed by atoms with Crippen LogP contribution in [0.15, 0.2) is 29.8 Å². The van der Waals surface area contributed by atoms with Gasteiger partial charge in [-0.3, -0.25) is 4.40 Å². The average molecular weight is 250 g/mol. The lowest BCUT2D eigenvalue weighted by Crippen LogP contribution is -1.86. The smallest absolute Gasteiger partial charge is 0.194 e. The highest BCUT2D eigenvalue weighted by Gasteiger charge is 2.12. The zero-order valence-corrected chi connectivity index (χ0v) is 9.76. The quantitative estimate of drug-likeness (QED) is 0.644. The Kier molecular flexibility index (Phi) is 2.22. The molecule has 0 amide bonds. The summed E-state index contributed by atoms with van der Waals surface area (Å²) in [6, 6.07) is 3.38. The van der Waals surface area contributed by atoms with Gasteiger partial charge in [-0.2, -0.15) is 0 Å². The molecule has 0 saturated carbocycles. The van der Waals surface area contributed by atoms with Gasteiger partial charge in [0.05, 0.1) is 5.69 Å². The first-order valence-corrected chi connectivity index (χ1v) is 5.92. The molecule has 86 valence electrons. The summed E-state index contributed by atoms with van der Waals surface area (Å²) >= 11 is 1.48. The molecular formula is C12H8F2N2S. The van der Waals surface area contributed by atoms with Crippen LogP contribution in [0.25, 0.3) is 16.2 Å². The lowest BCUT2D eigenvalue weighted by Gasteiger charge is -1.98. The highest BCUT2D eigenvalue weighted by atomic mass is 32.1. The van der Waals surface area contributed by atoms with E-state index < -0.39 is 11.6 Å². The molecule has 0 fully saturated rings. The van der Waals surface area contributed by atoms with Crippen LogP contribution < -0.4 is 0 Å². The number of halogens is 2. The van der Waals surface area contributed by atoms with E-state index in [2.05, 4.69) is 4.98 Å². The van der Waals surface area contributed by atoms with Crippen LogP contribution in [-0.2, 0) is 0 Å². The van der Waals surface area contributed by atoms with E-state index in [1.807, 2.05) is 16.7 Å². The molecule has 0 unspecified atom stereocenters. The van der Waals surface area contributed by atoms with Crippen LogP contribution in [0.5, 0.6) is 0 Å². The van der Waals surface area contributed by atoms with E-state index >= 15 is 0 Å². The third-order valence-electron chi connectivity index (χ3n) is 2.59. The van der Waals surface area contributed by atoms with E-state index in [4.69, 9.17) is 0 Å². The lowest BCUT2D eigenvalue weighted by atomic mass is 10.1. The Bertz CT molecular complexity index is 700. The van der Waals surface area contributed by atoms with E-state index in [0.29, 0.717) is 5.69 Å². The van der Waals surface area contributed by atoms with Gasteiger partial charge >= 0.3 is 0 Å². The summed E-state index contributed by atoms with van der Waals surface area (Å²) in [5.41, 5.74) is 1.68. The van der Waals surface area contributed by atoms with Gasteiger partial charge in [0.1, 0.15) is 11.6 Å². The van der Waals surface area contributed by atoms with Gasteiger partial charge in [-0.05, 0) is 25.1 Å². The van der Waals surface area contributed by atoms with Gasteiger partial charge in [-0.25, -0.2) is 13.8 Å². The summed E-state index contributed by atoms with van der Waals surface area (Å²) < 4.78 is 28.5. The van der Waals surface area contributed by atoms with Gasteiger partial charge in [-0.1, -0.05) is 0 Å². The number of nitrogens with zero attached hydrogens (tertiary/aromatic N) is 2. The first kappa shape index (κ1) is 10.4. The molecule has 0 aliphatic heterocycles. The summed E-state index contributed by atoms with van der Waals surface area (Å²) in [6.07, 6.45) is 1.72. The van der Waals surface area contributed by atoms with Crippen LogP contribution in [-0.4, -0.2) is 9.38 Å². The number of imidazole rings is 1. The maximum atomic E-state index is 13.6. The normalized spacial score (nSPS) is 11.2. The molecule has 2 nitrogen and oxygen atoms in total. The molecule has 2 aromatic heterocycles. The highest BCUT2D eigenvalue weighted by Crippen LogP contribution is 2.25.